The lowest BCUT2D eigenvalue weighted by Gasteiger charge is -2.11. The summed E-state index contributed by atoms with van der Waals surface area (Å²) in [6.45, 7) is 3.91. The number of halogens is 1. The Labute approximate surface area is 175 Å². The third-order valence-electron chi connectivity index (χ3n) is 4.42. The van der Waals surface area contributed by atoms with E-state index in [1.54, 1.807) is 30.3 Å². The first-order chi connectivity index (χ1) is 13.9. The molecule has 3 aromatic carbocycles. The van der Waals surface area contributed by atoms with E-state index in [9.17, 15) is 9.59 Å². The molecule has 0 aliphatic rings. The van der Waals surface area contributed by atoms with Crippen molar-refractivity contribution in [1.82, 2.24) is 0 Å². The summed E-state index contributed by atoms with van der Waals surface area (Å²) in [4.78, 5) is 24.5. The maximum Gasteiger partial charge on any atom is 0.255 e. The lowest BCUT2D eigenvalue weighted by molar-refractivity contribution is -0.114. The number of carbonyl (C=O) groups excluding carboxylic acids is 2. The minimum absolute atomic E-state index is 0.112. The second-order valence-electron chi connectivity index (χ2n) is 6.72. The van der Waals surface area contributed by atoms with Gasteiger partial charge < -0.3 is 16.0 Å². The summed E-state index contributed by atoms with van der Waals surface area (Å²) in [6, 6.07) is 20.0. The van der Waals surface area contributed by atoms with Gasteiger partial charge in [-0.3, -0.25) is 9.59 Å². The van der Waals surface area contributed by atoms with Gasteiger partial charge in [0.2, 0.25) is 5.91 Å². The molecule has 0 radical (unpaired) electrons. The normalized spacial score (nSPS) is 10.3. The van der Waals surface area contributed by atoms with Crippen LogP contribution in [0.25, 0.3) is 0 Å². The molecule has 0 saturated heterocycles. The van der Waals surface area contributed by atoms with E-state index in [4.69, 9.17) is 11.6 Å². The predicted molar refractivity (Wildman–Crippen MR) is 119 cm³/mol. The fourth-order valence-electron chi connectivity index (χ4n) is 2.78. The monoisotopic (exact) mass is 407 g/mol. The molecule has 6 heteroatoms. The molecule has 3 aromatic rings. The number of hydrogen-bond donors (Lipinski definition) is 3. The van der Waals surface area contributed by atoms with Crippen molar-refractivity contribution in [2.75, 3.05) is 22.5 Å². The van der Waals surface area contributed by atoms with Crippen LogP contribution in [0.2, 0.25) is 5.02 Å². The number of amides is 2. The first-order valence-electron chi connectivity index (χ1n) is 9.19. The number of anilines is 3. The van der Waals surface area contributed by atoms with Crippen molar-refractivity contribution < 1.29 is 9.59 Å². The van der Waals surface area contributed by atoms with Crippen LogP contribution in [0.4, 0.5) is 17.1 Å². The largest absolute Gasteiger partial charge is 0.376 e. The Morgan fingerprint density at radius 3 is 2.28 bits per heavy atom. The maximum atomic E-state index is 12.3. The van der Waals surface area contributed by atoms with Crippen molar-refractivity contribution in [3.05, 3.63) is 88.4 Å². The summed E-state index contributed by atoms with van der Waals surface area (Å²) in [6.07, 6.45) is 0. The molecule has 0 heterocycles. The fourth-order valence-corrected chi connectivity index (χ4v) is 2.96. The molecule has 0 bridgehead atoms. The first kappa shape index (κ1) is 20.4. The zero-order valence-electron chi connectivity index (χ0n) is 16.3. The van der Waals surface area contributed by atoms with Crippen molar-refractivity contribution in [3.63, 3.8) is 0 Å². The van der Waals surface area contributed by atoms with Crippen LogP contribution in [-0.2, 0) is 4.79 Å². The minimum atomic E-state index is -0.174. The average Bonchev–Trinajstić information content (AvgIpc) is 2.71. The maximum absolute atomic E-state index is 12.3. The highest BCUT2D eigenvalue weighted by Gasteiger charge is 2.08. The van der Waals surface area contributed by atoms with Gasteiger partial charge in [0.05, 0.1) is 6.54 Å². The van der Waals surface area contributed by atoms with E-state index in [-0.39, 0.29) is 18.4 Å². The highest BCUT2D eigenvalue weighted by atomic mass is 35.5. The van der Waals surface area contributed by atoms with E-state index < -0.39 is 0 Å². The van der Waals surface area contributed by atoms with Gasteiger partial charge in [0.15, 0.2) is 0 Å². The molecule has 5 nitrogen and oxygen atoms in total. The van der Waals surface area contributed by atoms with Crippen LogP contribution in [0.5, 0.6) is 0 Å². The molecule has 148 valence electrons. The van der Waals surface area contributed by atoms with Crippen molar-refractivity contribution in [2.24, 2.45) is 0 Å². The van der Waals surface area contributed by atoms with Crippen LogP contribution in [0.1, 0.15) is 21.5 Å². The second-order valence-corrected chi connectivity index (χ2v) is 7.12. The lowest BCUT2D eigenvalue weighted by atomic mass is 10.1. The first-order valence-corrected chi connectivity index (χ1v) is 9.57. The number of carbonyl (C=O) groups is 2. The van der Waals surface area contributed by atoms with Gasteiger partial charge in [-0.15, -0.1) is 0 Å². The molecule has 2 amide bonds. The predicted octanol–water partition coefficient (Wildman–Crippen LogP) is 5.26. The second kappa shape index (κ2) is 9.26. The van der Waals surface area contributed by atoms with Crippen LogP contribution >= 0.6 is 11.6 Å². The summed E-state index contributed by atoms with van der Waals surface area (Å²) < 4.78 is 0. The van der Waals surface area contributed by atoms with Gasteiger partial charge in [-0.1, -0.05) is 35.4 Å². The van der Waals surface area contributed by atoms with E-state index >= 15 is 0 Å². The summed E-state index contributed by atoms with van der Waals surface area (Å²) >= 11 is 6.07. The molecular weight excluding hydrogens is 386 g/mol. The topological polar surface area (TPSA) is 70.2 Å². The van der Waals surface area contributed by atoms with Gasteiger partial charge in [0.1, 0.15) is 0 Å². The highest BCUT2D eigenvalue weighted by molar-refractivity contribution is 6.31. The molecular formula is C23H22ClN3O2. The Hall–Kier alpha value is -3.31. The summed E-state index contributed by atoms with van der Waals surface area (Å²) in [5.74, 6) is -0.335. The lowest BCUT2D eigenvalue weighted by Crippen LogP contribution is -2.22. The Balaban J connectivity index is 1.53. The highest BCUT2D eigenvalue weighted by Crippen LogP contribution is 2.23. The SMILES string of the molecule is Cc1cccc(C(=O)Nc2ccc(NCC(=O)Nc3cccc(Cl)c3C)cc2)c1. The number of hydrogen-bond acceptors (Lipinski definition) is 3. The molecule has 3 N–H and O–H groups in total. The summed E-state index contributed by atoms with van der Waals surface area (Å²) in [7, 11) is 0. The Morgan fingerprint density at radius 2 is 1.55 bits per heavy atom. The zero-order chi connectivity index (χ0) is 20.8. The van der Waals surface area contributed by atoms with Crippen LogP contribution in [0.3, 0.4) is 0 Å². The third kappa shape index (κ3) is 5.59. The van der Waals surface area contributed by atoms with E-state index in [2.05, 4.69) is 16.0 Å². The summed E-state index contributed by atoms with van der Waals surface area (Å²) in [5, 5.41) is 9.37. The molecule has 0 aliphatic carbocycles. The van der Waals surface area contributed by atoms with E-state index in [1.165, 1.54) is 0 Å². The number of aryl methyl sites for hydroxylation is 1. The number of nitrogens with one attached hydrogen (secondary N) is 3. The van der Waals surface area contributed by atoms with Gasteiger partial charge in [-0.25, -0.2) is 0 Å². The standard InChI is InChI=1S/C23H22ClN3O2/c1-15-5-3-6-17(13-15)23(29)26-19-11-9-18(10-12-19)25-14-22(28)27-21-8-4-7-20(24)16(21)2/h3-13,25H,14H2,1-2H3,(H,26,29)(H,27,28). The summed E-state index contributed by atoms with van der Waals surface area (Å²) in [5.41, 5.74) is 4.62. The Morgan fingerprint density at radius 1 is 0.862 bits per heavy atom. The van der Waals surface area contributed by atoms with Crippen molar-refractivity contribution in [2.45, 2.75) is 13.8 Å². The smallest absolute Gasteiger partial charge is 0.255 e. The minimum Gasteiger partial charge on any atom is -0.376 e. The molecule has 0 unspecified atom stereocenters. The van der Waals surface area contributed by atoms with Gasteiger partial charge in [-0.05, 0) is 67.9 Å². The van der Waals surface area contributed by atoms with E-state index in [0.29, 0.717) is 22.0 Å². The van der Waals surface area contributed by atoms with Gasteiger partial charge in [0.25, 0.3) is 5.91 Å². The molecule has 3 rings (SSSR count). The van der Waals surface area contributed by atoms with Gasteiger partial charge >= 0.3 is 0 Å². The zero-order valence-corrected chi connectivity index (χ0v) is 17.0. The van der Waals surface area contributed by atoms with Crippen molar-refractivity contribution in [1.29, 1.82) is 0 Å². The Bertz CT molecular complexity index is 1030. The quantitative estimate of drug-likeness (QED) is 0.522. The van der Waals surface area contributed by atoms with Crippen LogP contribution < -0.4 is 16.0 Å². The molecule has 0 fully saturated rings. The fraction of sp³-hybridized carbons (Fsp3) is 0.130. The van der Waals surface area contributed by atoms with E-state index in [0.717, 1.165) is 16.8 Å². The van der Waals surface area contributed by atoms with Gasteiger partial charge in [0, 0.05) is 27.6 Å². The molecule has 0 aliphatic heterocycles. The number of rotatable bonds is 6. The van der Waals surface area contributed by atoms with Crippen LogP contribution in [-0.4, -0.2) is 18.4 Å². The van der Waals surface area contributed by atoms with E-state index in [1.807, 2.05) is 50.2 Å². The van der Waals surface area contributed by atoms with Crippen molar-refractivity contribution in [3.8, 4) is 0 Å². The molecule has 29 heavy (non-hydrogen) atoms. The molecule has 0 spiro atoms. The molecule has 0 aromatic heterocycles. The van der Waals surface area contributed by atoms with Crippen molar-refractivity contribution >= 4 is 40.5 Å². The van der Waals surface area contributed by atoms with Gasteiger partial charge in [-0.2, -0.15) is 0 Å². The van der Waals surface area contributed by atoms with Crippen LogP contribution in [0, 0.1) is 13.8 Å². The number of benzene rings is 3. The third-order valence-corrected chi connectivity index (χ3v) is 4.83. The Kier molecular flexibility index (Phi) is 6.52. The molecule has 0 saturated carbocycles. The van der Waals surface area contributed by atoms with Crippen LogP contribution in [0.15, 0.2) is 66.7 Å². The average molecular weight is 408 g/mol. The molecule has 0 atom stereocenters.